The average Bonchev–Trinajstić information content (AvgIpc) is 2.78. The standard InChI is InChI=1S/C25H21ClN2O/c26-22-25(21-14-8-3-9-15-21)17-16-24(27-22,20-12-6-2-7-13-20)23(29)28(25)18-19-10-4-1-5-11-19/h1-15H,16-18H2. The summed E-state index contributed by atoms with van der Waals surface area (Å²) >= 11 is 6.93. The maximum Gasteiger partial charge on any atom is 0.256 e. The van der Waals surface area contributed by atoms with Crippen LogP contribution in [0, 0.1) is 0 Å². The molecule has 2 bridgehead atoms. The lowest BCUT2D eigenvalue weighted by Crippen LogP contribution is -2.66. The predicted octanol–water partition coefficient (Wildman–Crippen LogP) is 5.25. The first-order valence-corrected chi connectivity index (χ1v) is 10.3. The van der Waals surface area contributed by atoms with Crippen LogP contribution in [0.5, 0.6) is 0 Å². The Morgan fingerprint density at radius 1 is 0.793 bits per heavy atom. The first-order chi connectivity index (χ1) is 14.2. The van der Waals surface area contributed by atoms with Gasteiger partial charge in [-0.3, -0.25) is 9.79 Å². The van der Waals surface area contributed by atoms with Crippen molar-refractivity contribution in [2.45, 2.75) is 30.5 Å². The molecule has 0 aromatic heterocycles. The summed E-state index contributed by atoms with van der Waals surface area (Å²) in [5, 5.41) is 0.495. The minimum atomic E-state index is -0.941. The number of nitrogens with zero attached hydrogens (tertiary/aromatic N) is 2. The van der Waals surface area contributed by atoms with Crippen molar-refractivity contribution in [3.05, 3.63) is 108 Å². The third-order valence-electron chi connectivity index (χ3n) is 6.22. The summed E-state index contributed by atoms with van der Waals surface area (Å²) in [6.07, 6.45) is 1.39. The van der Waals surface area contributed by atoms with Gasteiger partial charge in [-0.2, -0.15) is 0 Å². The van der Waals surface area contributed by atoms with Crippen LogP contribution < -0.4 is 0 Å². The van der Waals surface area contributed by atoms with Crippen LogP contribution in [0.1, 0.15) is 29.5 Å². The van der Waals surface area contributed by atoms with Gasteiger partial charge in [-0.15, -0.1) is 0 Å². The van der Waals surface area contributed by atoms with Crippen LogP contribution in [0.3, 0.4) is 0 Å². The molecule has 2 unspecified atom stereocenters. The Kier molecular flexibility index (Phi) is 4.29. The number of fused-ring (bicyclic) bond motifs is 2. The lowest BCUT2D eigenvalue weighted by molar-refractivity contribution is -0.150. The lowest BCUT2D eigenvalue weighted by Gasteiger charge is -2.56. The van der Waals surface area contributed by atoms with Crippen molar-refractivity contribution < 1.29 is 4.79 Å². The second kappa shape index (κ2) is 6.85. The molecule has 0 N–H and O–H groups in total. The molecule has 0 saturated carbocycles. The highest BCUT2D eigenvalue weighted by molar-refractivity contribution is 6.68. The zero-order chi connectivity index (χ0) is 19.9. The molecule has 0 aliphatic carbocycles. The lowest BCUT2D eigenvalue weighted by atomic mass is 9.68. The average molecular weight is 401 g/mol. The van der Waals surface area contributed by atoms with Crippen molar-refractivity contribution in [1.29, 1.82) is 0 Å². The second-order valence-electron chi connectivity index (χ2n) is 7.73. The SMILES string of the molecule is O=C1N(Cc2ccccc2)C2(c3ccccc3)CCC1(c1ccccc1)N=C2Cl. The van der Waals surface area contributed by atoms with Gasteiger partial charge in [0.1, 0.15) is 10.7 Å². The van der Waals surface area contributed by atoms with E-state index in [1.165, 1.54) is 0 Å². The van der Waals surface area contributed by atoms with E-state index in [0.29, 0.717) is 18.1 Å². The van der Waals surface area contributed by atoms with E-state index >= 15 is 0 Å². The van der Waals surface area contributed by atoms with E-state index in [-0.39, 0.29) is 5.91 Å². The fourth-order valence-corrected chi connectivity index (χ4v) is 5.18. The molecule has 3 aromatic carbocycles. The first kappa shape index (κ1) is 18.1. The van der Waals surface area contributed by atoms with Gasteiger partial charge in [0.2, 0.25) is 0 Å². The molecule has 29 heavy (non-hydrogen) atoms. The van der Waals surface area contributed by atoms with E-state index in [9.17, 15) is 4.79 Å². The van der Waals surface area contributed by atoms with Crippen LogP contribution in [-0.2, 0) is 22.4 Å². The molecule has 1 saturated heterocycles. The number of halogens is 1. The molecular weight excluding hydrogens is 380 g/mol. The minimum Gasteiger partial charge on any atom is -0.320 e. The quantitative estimate of drug-likeness (QED) is 0.588. The molecule has 144 valence electrons. The highest BCUT2D eigenvalue weighted by Gasteiger charge is 2.61. The third-order valence-corrected chi connectivity index (χ3v) is 6.62. The molecule has 4 heteroatoms. The highest BCUT2D eigenvalue weighted by Crippen LogP contribution is 2.54. The largest absolute Gasteiger partial charge is 0.320 e. The van der Waals surface area contributed by atoms with Crippen LogP contribution in [0.25, 0.3) is 0 Å². The van der Waals surface area contributed by atoms with Gasteiger partial charge in [-0.1, -0.05) is 103 Å². The van der Waals surface area contributed by atoms with Crippen molar-refractivity contribution in [3.63, 3.8) is 0 Å². The molecule has 1 fully saturated rings. The summed E-state index contributed by atoms with van der Waals surface area (Å²) in [6, 6.07) is 30.0. The maximum atomic E-state index is 14.0. The monoisotopic (exact) mass is 400 g/mol. The van der Waals surface area contributed by atoms with Crippen LogP contribution in [0.2, 0.25) is 0 Å². The molecular formula is C25H21ClN2O. The van der Waals surface area contributed by atoms with E-state index in [0.717, 1.165) is 23.1 Å². The highest BCUT2D eigenvalue weighted by atomic mass is 35.5. The summed E-state index contributed by atoms with van der Waals surface area (Å²) in [7, 11) is 0. The number of hydrogen-bond acceptors (Lipinski definition) is 2. The topological polar surface area (TPSA) is 32.7 Å². The van der Waals surface area contributed by atoms with Crippen LogP contribution in [-0.4, -0.2) is 16.0 Å². The van der Waals surface area contributed by atoms with E-state index in [1.54, 1.807) is 0 Å². The minimum absolute atomic E-state index is 0.0204. The van der Waals surface area contributed by atoms with Gasteiger partial charge in [-0.05, 0) is 29.5 Å². The molecule has 0 radical (unpaired) electrons. The fraction of sp³-hybridized carbons (Fsp3) is 0.200. The Bertz CT molecular complexity index is 1070. The van der Waals surface area contributed by atoms with Gasteiger partial charge in [0, 0.05) is 6.54 Å². The normalized spacial score (nSPS) is 25.8. The summed E-state index contributed by atoms with van der Waals surface area (Å²) in [5.74, 6) is 0.0204. The number of carbonyl (C=O) groups is 1. The van der Waals surface area contributed by atoms with Crippen LogP contribution >= 0.6 is 11.6 Å². The molecule has 3 heterocycles. The molecule has 0 spiro atoms. The number of benzene rings is 3. The van der Waals surface area contributed by atoms with Gasteiger partial charge in [-0.25, -0.2) is 0 Å². The molecule has 3 aliphatic rings. The Morgan fingerprint density at radius 3 is 1.93 bits per heavy atom. The number of amides is 1. The van der Waals surface area contributed by atoms with Crippen LogP contribution in [0.4, 0.5) is 0 Å². The third kappa shape index (κ3) is 2.65. The molecule has 1 amide bonds. The van der Waals surface area contributed by atoms with Crippen LogP contribution in [0.15, 0.2) is 96.0 Å². The zero-order valence-corrected chi connectivity index (χ0v) is 16.7. The molecule has 2 atom stereocenters. The first-order valence-electron chi connectivity index (χ1n) is 9.90. The number of hydrogen-bond donors (Lipinski definition) is 0. The summed E-state index contributed by atoms with van der Waals surface area (Å²) in [4.78, 5) is 20.8. The van der Waals surface area contributed by atoms with Gasteiger partial charge < -0.3 is 4.90 Å². The number of aliphatic imine (C=N–C) groups is 1. The van der Waals surface area contributed by atoms with Gasteiger partial charge in [0.05, 0.1) is 0 Å². The smallest absolute Gasteiger partial charge is 0.256 e. The predicted molar refractivity (Wildman–Crippen MR) is 116 cm³/mol. The van der Waals surface area contributed by atoms with Crippen molar-refractivity contribution in [2.75, 3.05) is 0 Å². The Morgan fingerprint density at radius 2 is 1.34 bits per heavy atom. The number of rotatable bonds is 4. The van der Waals surface area contributed by atoms with Gasteiger partial charge >= 0.3 is 0 Å². The van der Waals surface area contributed by atoms with Crippen molar-refractivity contribution >= 4 is 22.7 Å². The van der Waals surface area contributed by atoms with Gasteiger partial charge in [0.15, 0.2) is 5.54 Å². The Hall–Kier alpha value is -2.91. The maximum absolute atomic E-state index is 14.0. The zero-order valence-electron chi connectivity index (χ0n) is 16.0. The van der Waals surface area contributed by atoms with E-state index < -0.39 is 11.1 Å². The second-order valence-corrected chi connectivity index (χ2v) is 8.09. The molecule has 6 rings (SSSR count). The summed E-state index contributed by atoms with van der Waals surface area (Å²) in [6.45, 7) is 0.495. The molecule has 3 nitrogen and oxygen atoms in total. The fourth-order valence-electron chi connectivity index (χ4n) is 4.73. The van der Waals surface area contributed by atoms with E-state index in [4.69, 9.17) is 16.6 Å². The van der Waals surface area contributed by atoms with E-state index in [2.05, 4.69) is 12.1 Å². The van der Waals surface area contributed by atoms with Gasteiger partial charge in [0.25, 0.3) is 5.91 Å². The summed E-state index contributed by atoms with van der Waals surface area (Å²) in [5.41, 5.74) is 1.34. The van der Waals surface area contributed by atoms with Crippen molar-refractivity contribution in [2.24, 2.45) is 4.99 Å². The summed E-state index contributed by atoms with van der Waals surface area (Å²) < 4.78 is 0. The molecule has 3 aliphatic heterocycles. The van der Waals surface area contributed by atoms with E-state index in [1.807, 2.05) is 83.8 Å². The molecule has 3 aromatic rings. The Balaban J connectivity index is 1.71. The Labute approximate surface area is 175 Å². The van der Waals surface area contributed by atoms with Crippen molar-refractivity contribution in [3.8, 4) is 0 Å². The number of carbonyl (C=O) groups excluding carboxylic acids is 1. The number of piperidine rings is 1. The van der Waals surface area contributed by atoms with Crippen molar-refractivity contribution in [1.82, 2.24) is 4.90 Å².